The molecule has 0 bridgehead atoms. The summed E-state index contributed by atoms with van der Waals surface area (Å²) < 4.78 is 5.51. The summed E-state index contributed by atoms with van der Waals surface area (Å²) in [5.74, 6) is 0.837. The molecule has 0 aromatic heterocycles. The van der Waals surface area contributed by atoms with Crippen LogP contribution in [0.25, 0.3) is 0 Å². The van der Waals surface area contributed by atoms with Crippen LogP contribution in [0.15, 0.2) is 29.8 Å². The van der Waals surface area contributed by atoms with E-state index in [-0.39, 0.29) is 17.8 Å². The Morgan fingerprint density at radius 1 is 1.15 bits per heavy atom. The number of para-hydroxylation sites is 1. The smallest absolute Gasteiger partial charge is 0.303 e. The number of anilines is 1. The first-order chi connectivity index (χ1) is 16.1. The van der Waals surface area contributed by atoms with E-state index in [2.05, 4.69) is 61.8 Å². The van der Waals surface area contributed by atoms with Crippen molar-refractivity contribution in [2.24, 2.45) is 23.7 Å². The van der Waals surface area contributed by atoms with Crippen molar-refractivity contribution < 1.29 is 14.6 Å². The van der Waals surface area contributed by atoms with Gasteiger partial charge in [0, 0.05) is 57.7 Å². The Morgan fingerprint density at radius 2 is 1.79 bits per heavy atom. The maximum absolute atomic E-state index is 11.8. The highest BCUT2D eigenvalue weighted by Gasteiger charge is 2.53. The maximum Gasteiger partial charge on any atom is 0.303 e. The van der Waals surface area contributed by atoms with Gasteiger partial charge >= 0.3 is 5.97 Å². The number of benzene rings is 1. The first-order valence-electron chi connectivity index (χ1n) is 13.1. The van der Waals surface area contributed by atoms with E-state index in [9.17, 15) is 9.90 Å². The summed E-state index contributed by atoms with van der Waals surface area (Å²) in [5, 5.41) is 11.8. The van der Waals surface area contributed by atoms with Crippen LogP contribution in [0.5, 0.6) is 0 Å². The summed E-state index contributed by atoms with van der Waals surface area (Å²) >= 11 is 0. The first kappa shape index (κ1) is 25.2. The van der Waals surface area contributed by atoms with Gasteiger partial charge in [0.05, 0.1) is 5.60 Å². The van der Waals surface area contributed by atoms with Gasteiger partial charge in [0.25, 0.3) is 0 Å². The predicted molar refractivity (Wildman–Crippen MR) is 138 cm³/mol. The molecular weight excluding hydrogens is 424 g/mol. The molecule has 5 heteroatoms. The molecule has 1 aromatic carbocycles. The number of carbonyl (C=O) groups is 1. The van der Waals surface area contributed by atoms with Crippen LogP contribution in [0, 0.1) is 43.9 Å². The second kappa shape index (κ2) is 10.0. The van der Waals surface area contributed by atoms with E-state index >= 15 is 0 Å². The number of hydrogen-bond acceptors (Lipinski definition) is 5. The standard InChI is InChI=1S/C29H43N2O3/c1-19-8-7-9-20(2)28(19)31-14-12-30(13-15-31)18-22(4)25-11-10-23(5)29(33)17-27(34-24(6)32)21(3)16-26(25)29/h7-9,16-17,22-23,25-27,33H,10-15,18H2,1-6H3/t22?,23-,25+,26-,27-,29-/m1/s1. The minimum Gasteiger partial charge on any atom is -0.458 e. The fourth-order valence-electron chi connectivity index (χ4n) is 6.75. The molecule has 3 aliphatic rings. The van der Waals surface area contributed by atoms with Gasteiger partial charge in [0.15, 0.2) is 0 Å². The highest BCUT2D eigenvalue weighted by atomic mass is 16.5. The summed E-state index contributed by atoms with van der Waals surface area (Å²) in [7, 11) is 0. The summed E-state index contributed by atoms with van der Waals surface area (Å²) in [5.41, 5.74) is 4.25. The molecule has 2 fully saturated rings. The monoisotopic (exact) mass is 467 g/mol. The van der Waals surface area contributed by atoms with Crippen molar-refractivity contribution in [3.63, 3.8) is 0 Å². The fourth-order valence-corrected chi connectivity index (χ4v) is 6.75. The average Bonchev–Trinajstić information content (AvgIpc) is 2.77. The van der Waals surface area contributed by atoms with Crippen molar-refractivity contribution in [3.05, 3.63) is 47.4 Å². The first-order valence-corrected chi connectivity index (χ1v) is 13.1. The molecule has 1 unspecified atom stereocenters. The summed E-state index contributed by atoms with van der Waals surface area (Å²) in [4.78, 5) is 16.7. The van der Waals surface area contributed by atoms with E-state index in [1.54, 1.807) is 0 Å². The molecule has 1 heterocycles. The Bertz CT molecular complexity index is 900. The molecule has 1 radical (unpaired) electrons. The van der Waals surface area contributed by atoms with Crippen LogP contribution < -0.4 is 4.90 Å². The molecule has 0 amide bonds. The Kier molecular flexibility index (Phi) is 7.44. The zero-order valence-corrected chi connectivity index (χ0v) is 21.9. The number of aryl methyl sites for hydroxylation is 2. The van der Waals surface area contributed by atoms with Gasteiger partial charge < -0.3 is 14.7 Å². The number of piperazine rings is 1. The van der Waals surface area contributed by atoms with Crippen molar-refractivity contribution in [2.45, 2.75) is 66.1 Å². The van der Waals surface area contributed by atoms with Crippen molar-refractivity contribution in [1.82, 2.24) is 4.90 Å². The van der Waals surface area contributed by atoms with Crippen molar-refractivity contribution >= 4 is 11.7 Å². The van der Waals surface area contributed by atoms with Crippen LogP contribution in [0.2, 0.25) is 0 Å². The lowest BCUT2D eigenvalue weighted by atomic mass is 9.57. The molecular formula is C29H43N2O3. The minimum absolute atomic E-state index is 0.0777. The number of nitrogens with zero attached hydrogens (tertiary/aromatic N) is 2. The lowest BCUT2D eigenvalue weighted by molar-refractivity contribution is -0.148. The molecule has 4 rings (SSSR count). The van der Waals surface area contributed by atoms with Gasteiger partial charge in [-0.1, -0.05) is 38.1 Å². The quantitative estimate of drug-likeness (QED) is 0.509. The third-order valence-electron chi connectivity index (χ3n) is 8.73. The van der Waals surface area contributed by atoms with Gasteiger partial charge in [0.1, 0.15) is 6.10 Å². The Balaban J connectivity index is 1.42. The molecule has 1 aromatic rings. The van der Waals surface area contributed by atoms with Gasteiger partial charge in [-0.05, 0) is 68.1 Å². The van der Waals surface area contributed by atoms with Crippen LogP contribution >= 0.6 is 0 Å². The van der Waals surface area contributed by atoms with Crippen LogP contribution in [0.1, 0.15) is 51.7 Å². The van der Waals surface area contributed by atoms with Crippen molar-refractivity contribution in [3.8, 4) is 0 Å². The fraction of sp³-hybridized carbons (Fsp3) is 0.655. The Morgan fingerprint density at radius 3 is 2.41 bits per heavy atom. The molecule has 187 valence electrons. The van der Waals surface area contributed by atoms with E-state index in [1.807, 2.05) is 13.3 Å². The Hall–Kier alpha value is -1.85. The number of ether oxygens (including phenoxy) is 1. The number of carbonyl (C=O) groups excluding carboxylic acids is 1. The van der Waals surface area contributed by atoms with Gasteiger partial charge in [-0.2, -0.15) is 0 Å². The maximum atomic E-state index is 11.8. The molecule has 34 heavy (non-hydrogen) atoms. The van der Waals surface area contributed by atoms with Gasteiger partial charge in [-0.3, -0.25) is 9.69 Å². The number of aliphatic hydroxyl groups is 1. The third kappa shape index (κ3) is 4.92. The molecule has 1 N–H and O–H groups in total. The normalized spacial score (nSPS) is 33.1. The molecule has 1 saturated heterocycles. The van der Waals surface area contributed by atoms with E-state index in [1.165, 1.54) is 23.7 Å². The molecule has 6 atom stereocenters. The highest BCUT2D eigenvalue weighted by Crippen LogP contribution is 2.50. The van der Waals surface area contributed by atoms with Crippen LogP contribution in [0.3, 0.4) is 0 Å². The molecule has 5 nitrogen and oxygen atoms in total. The van der Waals surface area contributed by atoms with E-state index in [0.717, 1.165) is 51.1 Å². The second-order valence-electron chi connectivity index (χ2n) is 11.2. The van der Waals surface area contributed by atoms with Crippen LogP contribution in [-0.2, 0) is 9.53 Å². The zero-order valence-electron chi connectivity index (χ0n) is 21.9. The Labute approximate surface area is 206 Å². The minimum atomic E-state index is -0.919. The number of fused-ring (bicyclic) bond motifs is 1. The van der Waals surface area contributed by atoms with Gasteiger partial charge in [-0.15, -0.1) is 0 Å². The topological polar surface area (TPSA) is 53.0 Å². The average molecular weight is 468 g/mol. The highest BCUT2D eigenvalue weighted by molar-refractivity contribution is 5.67. The molecule has 1 aliphatic heterocycles. The second-order valence-corrected chi connectivity index (χ2v) is 11.2. The lowest BCUT2D eigenvalue weighted by Gasteiger charge is -2.53. The van der Waals surface area contributed by atoms with E-state index in [0.29, 0.717) is 11.8 Å². The largest absolute Gasteiger partial charge is 0.458 e. The van der Waals surface area contributed by atoms with Gasteiger partial charge in [-0.25, -0.2) is 0 Å². The van der Waals surface area contributed by atoms with Crippen LogP contribution in [0.4, 0.5) is 5.69 Å². The van der Waals surface area contributed by atoms with E-state index < -0.39 is 11.7 Å². The molecule has 0 spiro atoms. The SMILES string of the molecule is CC(=O)O[C@@H]1[CH][C@@]2(O)[C@H](C)CC[C@@H](C(C)CN3CCN(c4c(C)cccc4C)CC3)[C@H]2C=C1C. The van der Waals surface area contributed by atoms with Gasteiger partial charge in [0.2, 0.25) is 0 Å². The van der Waals surface area contributed by atoms with Crippen LogP contribution in [-0.4, -0.2) is 60.4 Å². The zero-order chi connectivity index (χ0) is 24.6. The lowest BCUT2D eigenvalue weighted by Crippen LogP contribution is -2.57. The summed E-state index contributed by atoms with van der Waals surface area (Å²) in [6, 6.07) is 6.57. The number of esters is 1. The molecule has 1 saturated carbocycles. The predicted octanol–water partition coefficient (Wildman–Crippen LogP) is 4.55. The van der Waals surface area contributed by atoms with E-state index in [4.69, 9.17) is 4.74 Å². The summed E-state index contributed by atoms with van der Waals surface area (Å²) in [6.07, 6.45) is 5.84. The summed E-state index contributed by atoms with van der Waals surface area (Å²) in [6.45, 7) is 17.7. The number of rotatable bonds is 5. The van der Waals surface area contributed by atoms with Crippen molar-refractivity contribution in [2.75, 3.05) is 37.6 Å². The third-order valence-corrected chi connectivity index (χ3v) is 8.73. The number of hydrogen-bond donors (Lipinski definition) is 1. The van der Waals surface area contributed by atoms with Crippen molar-refractivity contribution in [1.29, 1.82) is 0 Å². The molecule has 2 aliphatic carbocycles.